The molecule has 2 rings (SSSR count). The summed E-state index contributed by atoms with van der Waals surface area (Å²) in [5.74, 6) is 0.178. The molecule has 0 aliphatic heterocycles. The molecule has 0 radical (unpaired) electrons. The van der Waals surface area contributed by atoms with Gasteiger partial charge in [-0.15, -0.1) is 0 Å². The number of esters is 1. The van der Waals surface area contributed by atoms with E-state index < -0.39 is 5.97 Å². The van der Waals surface area contributed by atoms with Gasteiger partial charge in [0, 0.05) is 25.5 Å². The van der Waals surface area contributed by atoms with Crippen LogP contribution in [0.25, 0.3) is 0 Å². The Kier molecular flexibility index (Phi) is 5.14. The average Bonchev–Trinajstić information content (AvgIpc) is 2.98. The maximum absolute atomic E-state index is 11.7. The molecular weight excluding hydrogens is 270 g/mol. The van der Waals surface area contributed by atoms with Gasteiger partial charge in [0.2, 0.25) is 0 Å². The normalized spacial score (nSPS) is 10.3. The van der Waals surface area contributed by atoms with E-state index in [0.717, 1.165) is 19.5 Å². The molecule has 0 spiro atoms. The molecule has 0 aromatic carbocycles. The standard InChI is InChI=1S/C14H19N5O2/c1-2-21-14(20)11-8-13(18-9-12(11)15)17-4-3-6-19-7-5-16-10-19/h5,7-10H,2-4,6,15H2,1H3,(H,17,18). The van der Waals surface area contributed by atoms with Crippen LogP contribution in [0.3, 0.4) is 0 Å². The van der Waals surface area contributed by atoms with Crippen LogP contribution in [0.15, 0.2) is 31.0 Å². The Hall–Kier alpha value is -2.57. The SMILES string of the molecule is CCOC(=O)c1cc(NCCCn2ccnc2)ncc1N. The third-order valence-electron chi connectivity index (χ3n) is 2.89. The Bertz CT molecular complexity index is 583. The first-order valence-electron chi connectivity index (χ1n) is 6.83. The lowest BCUT2D eigenvalue weighted by molar-refractivity contribution is 0.0527. The number of carbonyl (C=O) groups is 1. The average molecular weight is 289 g/mol. The maximum atomic E-state index is 11.7. The van der Waals surface area contributed by atoms with Crippen LogP contribution < -0.4 is 11.1 Å². The van der Waals surface area contributed by atoms with E-state index in [0.29, 0.717) is 23.7 Å². The summed E-state index contributed by atoms with van der Waals surface area (Å²) in [5.41, 5.74) is 6.39. The molecule has 0 amide bonds. The monoisotopic (exact) mass is 289 g/mol. The largest absolute Gasteiger partial charge is 0.462 e. The number of hydrogen-bond acceptors (Lipinski definition) is 6. The summed E-state index contributed by atoms with van der Waals surface area (Å²) in [6.07, 6.45) is 7.82. The molecule has 0 atom stereocenters. The summed E-state index contributed by atoms with van der Waals surface area (Å²) in [6, 6.07) is 1.62. The lowest BCUT2D eigenvalue weighted by Gasteiger charge is -2.09. The van der Waals surface area contributed by atoms with Crippen LogP contribution in [0.4, 0.5) is 11.5 Å². The van der Waals surface area contributed by atoms with Gasteiger partial charge in [-0.2, -0.15) is 0 Å². The second-order valence-corrected chi connectivity index (χ2v) is 4.46. The fourth-order valence-electron chi connectivity index (χ4n) is 1.85. The Labute approximate surface area is 123 Å². The molecule has 2 aromatic heterocycles. The zero-order chi connectivity index (χ0) is 15.1. The van der Waals surface area contributed by atoms with Gasteiger partial charge in [-0.05, 0) is 19.4 Å². The van der Waals surface area contributed by atoms with E-state index in [4.69, 9.17) is 10.5 Å². The lowest BCUT2D eigenvalue weighted by atomic mass is 10.2. The topological polar surface area (TPSA) is 95.1 Å². The highest BCUT2D eigenvalue weighted by Crippen LogP contribution is 2.16. The number of imidazole rings is 1. The van der Waals surface area contributed by atoms with Gasteiger partial charge in [-0.1, -0.05) is 0 Å². The van der Waals surface area contributed by atoms with E-state index in [1.165, 1.54) is 6.20 Å². The number of aromatic nitrogens is 3. The summed E-state index contributed by atoms with van der Waals surface area (Å²) in [7, 11) is 0. The highest BCUT2D eigenvalue weighted by Gasteiger charge is 2.12. The van der Waals surface area contributed by atoms with Crippen molar-refractivity contribution >= 4 is 17.5 Å². The molecule has 0 aliphatic rings. The summed E-state index contributed by atoms with van der Waals surface area (Å²) < 4.78 is 6.96. The molecule has 0 fully saturated rings. The van der Waals surface area contributed by atoms with Crippen molar-refractivity contribution in [2.24, 2.45) is 0 Å². The van der Waals surface area contributed by atoms with E-state index in [9.17, 15) is 4.79 Å². The minimum absolute atomic E-state index is 0.314. The first-order chi connectivity index (χ1) is 10.2. The Morgan fingerprint density at radius 3 is 3.10 bits per heavy atom. The number of nitrogens with zero attached hydrogens (tertiary/aromatic N) is 3. The van der Waals surface area contributed by atoms with Crippen molar-refractivity contribution in [2.45, 2.75) is 19.9 Å². The van der Waals surface area contributed by atoms with Gasteiger partial charge in [-0.25, -0.2) is 14.8 Å². The number of ether oxygens (including phenoxy) is 1. The molecule has 21 heavy (non-hydrogen) atoms. The number of hydrogen-bond donors (Lipinski definition) is 2. The van der Waals surface area contributed by atoms with Crippen molar-refractivity contribution in [2.75, 3.05) is 24.2 Å². The molecule has 2 heterocycles. The van der Waals surface area contributed by atoms with Crippen molar-refractivity contribution in [3.05, 3.63) is 36.5 Å². The summed E-state index contributed by atoms with van der Waals surface area (Å²) in [4.78, 5) is 19.9. The number of carbonyl (C=O) groups excluding carboxylic acids is 1. The second-order valence-electron chi connectivity index (χ2n) is 4.46. The van der Waals surface area contributed by atoms with Crippen LogP contribution in [-0.4, -0.2) is 33.7 Å². The lowest BCUT2D eigenvalue weighted by Crippen LogP contribution is -2.11. The smallest absolute Gasteiger partial charge is 0.340 e. The quantitative estimate of drug-likeness (QED) is 0.593. The number of aryl methyl sites for hydroxylation is 1. The molecule has 0 aliphatic carbocycles. The second kappa shape index (κ2) is 7.28. The molecular formula is C14H19N5O2. The molecule has 0 saturated heterocycles. The third-order valence-corrected chi connectivity index (χ3v) is 2.89. The molecule has 3 N–H and O–H groups in total. The van der Waals surface area contributed by atoms with Gasteiger partial charge in [0.05, 0.1) is 30.4 Å². The molecule has 2 aromatic rings. The third kappa shape index (κ3) is 4.20. The molecule has 112 valence electrons. The van der Waals surface area contributed by atoms with E-state index in [-0.39, 0.29) is 0 Å². The number of nitrogens with two attached hydrogens (primary N) is 1. The predicted molar refractivity (Wildman–Crippen MR) is 79.9 cm³/mol. The van der Waals surface area contributed by atoms with Gasteiger partial charge in [0.25, 0.3) is 0 Å². The van der Waals surface area contributed by atoms with Gasteiger partial charge in [0.1, 0.15) is 5.82 Å². The summed E-state index contributed by atoms with van der Waals surface area (Å²) in [5, 5.41) is 3.16. The van der Waals surface area contributed by atoms with Crippen LogP contribution in [0.5, 0.6) is 0 Å². The molecule has 7 nitrogen and oxygen atoms in total. The van der Waals surface area contributed by atoms with Crippen LogP contribution in [0.2, 0.25) is 0 Å². The molecule has 0 saturated carbocycles. The first kappa shape index (κ1) is 14.8. The van der Waals surface area contributed by atoms with Gasteiger partial charge in [-0.3, -0.25) is 0 Å². The number of pyridine rings is 1. The van der Waals surface area contributed by atoms with Crippen molar-refractivity contribution in [3.63, 3.8) is 0 Å². The number of rotatable bonds is 7. The zero-order valence-electron chi connectivity index (χ0n) is 12.0. The van der Waals surface area contributed by atoms with Gasteiger partial charge < -0.3 is 20.4 Å². The van der Waals surface area contributed by atoms with Gasteiger partial charge in [0.15, 0.2) is 0 Å². The minimum Gasteiger partial charge on any atom is -0.462 e. The molecule has 0 unspecified atom stereocenters. The van der Waals surface area contributed by atoms with Crippen LogP contribution in [0.1, 0.15) is 23.7 Å². The zero-order valence-corrected chi connectivity index (χ0v) is 12.0. The number of nitrogen functional groups attached to an aromatic ring is 1. The molecule has 7 heteroatoms. The van der Waals surface area contributed by atoms with E-state index in [1.54, 1.807) is 25.5 Å². The van der Waals surface area contributed by atoms with Gasteiger partial charge >= 0.3 is 5.97 Å². The van der Waals surface area contributed by atoms with Crippen molar-refractivity contribution in [1.82, 2.24) is 14.5 Å². The van der Waals surface area contributed by atoms with E-state index in [2.05, 4.69) is 15.3 Å². The Morgan fingerprint density at radius 2 is 2.38 bits per heavy atom. The van der Waals surface area contributed by atoms with E-state index >= 15 is 0 Å². The Balaban J connectivity index is 1.88. The number of nitrogens with one attached hydrogen (secondary N) is 1. The maximum Gasteiger partial charge on any atom is 0.340 e. The van der Waals surface area contributed by atoms with Crippen LogP contribution in [-0.2, 0) is 11.3 Å². The van der Waals surface area contributed by atoms with Crippen LogP contribution in [0, 0.1) is 0 Å². The van der Waals surface area contributed by atoms with Crippen LogP contribution >= 0.6 is 0 Å². The molecule has 0 bridgehead atoms. The highest BCUT2D eigenvalue weighted by atomic mass is 16.5. The predicted octanol–water partition coefficient (Wildman–Crippen LogP) is 1.54. The van der Waals surface area contributed by atoms with E-state index in [1.807, 2.05) is 10.8 Å². The fourth-order valence-corrected chi connectivity index (χ4v) is 1.85. The van der Waals surface area contributed by atoms with Crippen molar-refractivity contribution < 1.29 is 9.53 Å². The highest BCUT2D eigenvalue weighted by molar-refractivity contribution is 5.95. The first-order valence-corrected chi connectivity index (χ1v) is 6.83. The minimum atomic E-state index is -0.432. The summed E-state index contributed by atoms with van der Waals surface area (Å²) in [6.45, 7) is 3.67. The fraction of sp³-hybridized carbons (Fsp3) is 0.357. The Morgan fingerprint density at radius 1 is 1.52 bits per heavy atom. The summed E-state index contributed by atoms with van der Waals surface area (Å²) >= 11 is 0. The van der Waals surface area contributed by atoms with Crippen molar-refractivity contribution in [3.8, 4) is 0 Å². The number of anilines is 2. The van der Waals surface area contributed by atoms with Crippen molar-refractivity contribution in [1.29, 1.82) is 0 Å².